The molecule has 1 fully saturated rings. The maximum atomic E-state index is 12.2. The Balaban J connectivity index is 1.86. The summed E-state index contributed by atoms with van der Waals surface area (Å²) in [6.07, 6.45) is 3.62. The number of hydrogen-bond acceptors (Lipinski definition) is 5. The Morgan fingerprint density at radius 2 is 2.29 bits per heavy atom. The largest absolute Gasteiger partial charge is 0.467 e. The maximum Gasteiger partial charge on any atom is 0.320 e. The van der Waals surface area contributed by atoms with Crippen molar-refractivity contribution in [2.45, 2.75) is 45.3 Å². The molecule has 6 nitrogen and oxygen atoms in total. The van der Waals surface area contributed by atoms with Crippen LogP contribution in [0.4, 0.5) is 0 Å². The molecule has 1 unspecified atom stereocenters. The fourth-order valence-corrected chi connectivity index (χ4v) is 2.23. The molecule has 0 aliphatic heterocycles. The third-order valence-electron chi connectivity index (χ3n) is 3.53. The SMILES string of the molecule is CCOC(=O)CN(C1CC1)C(C)C(=O)NCc1ccco1. The molecule has 6 heteroatoms. The second-order valence-electron chi connectivity index (χ2n) is 5.18. The summed E-state index contributed by atoms with van der Waals surface area (Å²) in [6.45, 7) is 4.46. The monoisotopic (exact) mass is 294 g/mol. The Bertz CT molecular complexity index is 468. The predicted octanol–water partition coefficient (Wildman–Crippen LogP) is 1.31. The van der Waals surface area contributed by atoms with Crippen molar-refractivity contribution in [2.24, 2.45) is 0 Å². The van der Waals surface area contributed by atoms with Gasteiger partial charge in [0.15, 0.2) is 0 Å². The first-order valence-corrected chi connectivity index (χ1v) is 7.33. The summed E-state index contributed by atoms with van der Waals surface area (Å²) >= 11 is 0. The van der Waals surface area contributed by atoms with Crippen LogP contribution in [0.5, 0.6) is 0 Å². The molecular weight excluding hydrogens is 272 g/mol. The van der Waals surface area contributed by atoms with E-state index >= 15 is 0 Å². The van der Waals surface area contributed by atoms with Crippen molar-refractivity contribution in [3.05, 3.63) is 24.2 Å². The first kappa shape index (κ1) is 15.6. The fourth-order valence-electron chi connectivity index (χ4n) is 2.23. The number of nitrogens with zero attached hydrogens (tertiary/aromatic N) is 1. The lowest BCUT2D eigenvalue weighted by molar-refractivity contribution is -0.145. The standard InChI is InChI=1S/C15H22N2O4/c1-3-20-14(18)10-17(12-6-7-12)11(2)15(19)16-9-13-5-4-8-21-13/h4-5,8,11-12H,3,6-7,9-10H2,1-2H3,(H,16,19). The van der Waals surface area contributed by atoms with Crippen molar-refractivity contribution in [1.29, 1.82) is 0 Å². The molecule has 1 saturated carbocycles. The highest BCUT2D eigenvalue weighted by Crippen LogP contribution is 2.28. The van der Waals surface area contributed by atoms with Gasteiger partial charge >= 0.3 is 5.97 Å². The molecule has 1 N–H and O–H groups in total. The fraction of sp³-hybridized carbons (Fsp3) is 0.600. The molecular formula is C15H22N2O4. The molecule has 1 heterocycles. The molecule has 0 spiro atoms. The van der Waals surface area contributed by atoms with Gasteiger partial charge in [0.25, 0.3) is 0 Å². The van der Waals surface area contributed by atoms with E-state index in [1.54, 1.807) is 19.3 Å². The van der Waals surface area contributed by atoms with Gasteiger partial charge in [0.2, 0.25) is 5.91 Å². The molecule has 1 aliphatic rings. The van der Waals surface area contributed by atoms with Crippen LogP contribution in [0.2, 0.25) is 0 Å². The highest BCUT2D eigenvalue weighted by atomic mass is 16.5. The summed E-state index contributed by atoms with van der Waals surface area (Å²) < 4.78 is 10.1. The third kappa shape index (κ3) is 4.60. The van der Waals surface area contributed by atoms with Gasteiger partial charge in [0.05, 0.1) is 32.0 Å². The maximum absolute atomic E-state index is 12.2. The number of ether oxygens (including phenoxy) is 1. The van der Waals surface area contributed by atoms with Gasteiger partial charge in [-0.3, -0.25) is 14.5 Å². The van der Waals surface area contributed by atoms with Crippen molar-refractivity contribution in [3.8, 4) is 0 Å². The molecule has 116 valence electrons. The number of nitrogens with one attached hydrogen (secondary N) is 1. The normalized spacial score (nSPS) is 15.8. The van der Waals surface area contributed by atoms with Crippen molar-refractivity contribution in [2.75, 3.05) is 13.2 Å². The minimum atomic E-state index is -0.364. The van der Waals surface area contributed by atoms with Gasteiger partial charge in [-0.2, -0.15) is 0 Å². The molecule has 2 rings (SSSR count). The second-order valence-corrected chi connectivity index (χ2v) is 5.18. The number of hydrogen-bond donors (Lipinski definition) is 1. The van der Waals surface area contributed by atoms with Gasteiger partial charge < -0.3 is 14.5 Å². The minimum absolute atomic E-state index is 0.109. The van der Waals surface area contributed by atoms with Gasteiger partial charge in [0, 0.05) is 6.04 Å². The predicted molar refractivity (Wildman–Crippen MR) is 76.4 cm³/mol. The Hall–Kier alpha value is -1.82. The summed E-state index contributed by atoms with van der Waals surface area (Å²) in [5.74, 6) is 0.316. The van der Waals surface area contributed by atoms with Gasteiger partial charge in [-0.1, -0.05) is 0 Å². The third-order valence-corrected chi connectivity index (χ3v) is 3.53. The van der Waals surface area contributed by atoms with Crippen LogP contribution < -0.4 is 5.32 Å². The van der Waals surface area contributed by atoms with E-state index in [0.29, 0.717) is 25.0 Å². The lowest BCUT2D eigenvalue weighted by Crippen LogP contribution is -2.48. The van der Waals surface area contributed by atoms with E-state index < -0.39 is 0 Å². The van der Waals surface area contributed by atoms with Gasteiger partial charge in [-0.25, -0.2) is 0 Å². The zero-order valence-electron chi connectivity index (χ0n) is 12.5. The number of carbonyl (C=O) groups is 2. The van der Waals surface area contributed by atoms with E-state index in [1.165, 1.54) is 0 Å². The topological polar surface area (TPSA) is 71.8 Å². The molecule has 1 amide bonds. The van der Waals surface area contributed by atoms with Gasteiger partial charge in [0.1, 0.15) is 5.76 Å². The summed E-state index contributed by atoms with van der Waals surface area (Å²) in [7, 11) is 0. The van der Waals surface area contributed by atoms with Gasteiger partial charge in [-0.15, -0.1) is 0 Å². The summed E-state index contributed by atoms with van der Waals surface area (Å²) in [5, 5.41) is 2.83. The van der Waals surface area contributed by atoms with Crippen LogP contribution in [0.1, 0.15) is 32.4 Å². The van der Waals surface area contributed by atoms with E-state index in [4.69, 9.17) is 9.15 Å². The number of carbonyl (C=O) groups excluding carboxylic acids is 2. The van der Waals surface area contributed by atoms with Crippen molar-refractivity contribution >= 4 is 11.9 Å². The van der Waals surface area contributed by atoms with E-state index in [-0.39, 0.29) is 24.5 Å². The Labute approximate surface area is 124 Å². The smallest absolute Gasteiger partial charge is 0.320 e. The van der Waals surface area contributed by atoms with Gasteiger partial charge in [-0.05, 0) is 38.8 Å². The van der Waals surface area contributed by atoms with Crippen LogP contribution in [-0.2, 0) is 20.9 Å². The lowest BCUT2D eigenvalue weighted by atomic mass is 10.2. The highest BCUT2D eigenvalue weighted by molar-refractivity contribution is 5.82. The van der Waals surface area contributed by atoms with Crippen molar-refractivity contribution in [3.63, 3.8) is 0 Å². The Kier molecular flexibility index (Phi) is 5.38. The molecule has 21 heavy (non-hydrogen) atoms. The summed E-state index contributed by atoms with van der Waals surface area (Å²) in [4.78, 5) is 25.8. The van der Waals surface area contributed by atoms with Crippen molar-refractivity contribution < 1.29 is 18.7 Å². The first-order valence-electron chi connectivity index (χ1n) is 7.33. The summed E-state index contributed by atoms with van der Waals surface area (Å²) in [6, 6.07) is 3.53. The average molecular weight is 294 g/mol. The molecule has 1 atom stereocenters. The van der Waals surface area contributed by atoms with Crippen LogP contribution in [0.25, 0.3) is 0 Å². The molecule has 1 aliphatic carbocycles. The molecule has 0 bridgehead atoms. The van der Waals surface area contributed by atoms with E-state index in [2.05, 4.69) is 5.32 Å². The average Bonchev–Trinajstić information content (AvgIpc) is 3.17. The van der Waals surface area contributed by atoms with Crippen LogP contribution >= 0.6 is 0 Å². The van der Waals surface area contributed by atoms with E-state index in [9.17, 15) is 9.59 Å². The van der Waals surface area contributed by atoms with Crippen LogP contribution in [0.15, 0.2) is 22.8 Å². The van der Waals surface area contributed by atoms with Crippen LogP contribution in [0, 0.1) is 0 Å². The number of rotatable bonds is 8. The highest BCUT2D eigenvalue weighted by Gasteiger charge is 2.36. The quantitative estimate of drug-likeness (QED) is 0.732. The molecule has 0 radical (unpaired) electrons. The van der Waals surface area contributed by atoms with E-state index in [1.807, 2.05) is 17.9 Å². The number of furan rings is 1. The lowest BCUT2D eigenvalue weighted by Gasteiger charge is -2.27. The summed E-state index contributed by atoms with van der Waals surface area (Å²) in [5.41, 5.74) is 0. The Morgan fingerprint density at radius 1 is 1.52 bits per heavy atom. The first-order chi connectivity index (χ1) is 10.1. The number of esters is 1. The zero-order chi connectivity index (χ0) is 15.2. The second kappa shape index (κ2) is 7.26. The number of amides is 1. The van der Waals surface area contributed by atoms with E-state index in [0.717, 1.165) is 12.8 Å². The molecule has 0 aromatic carbocycles. The molecule has 1 aromatic heterocycles. The minimum Gasteiger partial charge on any atom is -0.467 e. The van der Waals surface area contributed by atoms with Crippen molar-refractivity contribution in [1.82, 2.24) is 10.2 Å². The Morgan fingerprint density at radius 3 is 2.86 bits per heavy atom. The van der Waals surface area contributed by atoms with Crippen LogP contribution in [-0.4, -0.2) is 42.0 Å². The zero-order valence-corrected chi connectivity index (χ0v) is 12.5. The molecule has 1 aromatic rings. The van der Waals surface area contributed by atoms with Crippen LogP contribution in [0.3, 0.4) is 0 Å². The molecule has 0 saturated heterocycles.